The third-order valence-corrected chi connectivity index (χ3v) is 5.36. The molecule has 0 spiro atoms. The molecule has 0 radical (unpaired) electrons. The van der Waals surface area contributed by atoms with Gasteiger partial charge in [0, 0.05) is 6.54 Å². The van der Waals surface area contributed by atoms with E-state index in [-0.39, 0.29) is 25.1 Å². The highest BCUT2D eigenvalue weighted by atomic mass is 16.4. The number of carbonyl (C=O) groups is 5. The number of amides is 3. The Bertz CT molecular complexity index is 921. The molecule has 0 aromatic heterocycles. The van der Waals surface area contributed by atoms with Crippen LogP contribution in [0.1, 0.15) is 24.8 Å². The first-order valence-corrected chi connectivity index (χ1v) is 10.5. The summed E-state index contributed by atoms with van der Waals surface area (Å²) in [5.41, 5.74) is 6.49. The minimum Gasteiger partial charge on any atom is -0.508 e. The molecule has 1 aromatic rings. The number of aliphatic hydroxyl groups excluding tert-OH is 1. The predicted octanol–water partition coefficient (Wildman–Crippen LogP) is -2.23. The summed E-state index contributed by atoms with van der Waals surface area (Å²) in [6.07, 6.45) is -0.148. The molecule has 1 aliphatic rings. The van der Waals surface area contributed by atoms with Gasteiger partial charge in [0.1, 0.15) is 23.9 Å². The molecule has 2 rings (SSSR count). The van der Waals surface area contributed by atoms with Crippen molar-refractivity contribution in [3.8, 4) is 5.75 Å². The van der Waals surface area contributed by atoms with Crippen LogP contribution < -0.4 is 16.4 Å². The number of aromatic hydroxyl groups is 1. The van der Waals surface area contributed by atoms with Crippen molar-refractivity contribution in [2.24, 2.45) is 5.73 Å². The highest BCUT2D eigenvalue weighted by molar-refractivity contribution is 5.95. The Kier molecular flexibility index (Phi) is 9.33. The van der Waals surface area contributed by atoms with E-state index in [2.05, 4.69) is 10.6 Å². The lowest BCUT2D eigenvalue weighted by atomic mass is 10.1. The van der Waals surface area contributed by atoms with Gasteiger partial charge in [-0.25, -0.2) is 4.79 Å². The first-order valence-electron chi connectivity index (χ1n) is 10.5. The van der Waals surface area contributed by atoms with Crippen LogP contribution in [0, 0.1) is 0 Å². The third-order valence-electron chi connectivity index (χ3n) is 5.36. The van der Waals surface area contributed by atoms with E-state index in [1.165, 1.54) is 12.1 Å². The van der Waals surface area contributed by atoms with E-state index in [4.69, 9.17) is 10.8 Å². The summed E-state index contributed by atoms with van der Waals surface area (Å²) in [5.74, 6) is -5.31. The van der Waals surface area contributed by atoms with Crippen molar-refractivity contribution < 1.29 is 44.4 Å². The number of carbonyl (C=O) groups excluding carboxylic acids is 3. The average molecular weight is 480 g/mol. The van der Waals surface area contributed by atoms with Gasteiger partial charge in [-0.05, 0) is 37.0 Å². The molecule has 4 unspecified atom stereocenters. The molecule has 186 valence electrons. The first kappa shape index (κ1) is 26.5. The van der Waals surface area contributed by atoms with Crippen LogP contribution in [0.2, 0.25) is 0 Å². The van der Waals surface area contributed by atoms with E-state index in [0.29, 0.717) is 12.0 Å². The lowest BCUT2D eigenvalue weighted by Crippen LogP contribution is -2.58. The lowest BCUT2D eigenvalue weighted by Gasteiger charge is -2.28. The van der Waals surface area contributed by atoms with Gasteiger partial charge >= 0.3 is 11.9 Å². The van der Waals surface area contributed by atoms with Crippen molar-refractivity contribution in [1.29, 1.82) is 0 Å². The van der Waals surface area contributed by atoms with Gasteiger partial charge in [0.05, 0.1) is 19.1 Å². The Morgan fingerprint density at radius 3 is 2.21 bits per heavy atom. The fraction of sp³-hybridized carbons (Fsp3) is 0.476. The van der Waals surface area contributed by atoms with Crippen LogP contribution in [0.4, 0.5) is 0 Å². The van der Waals surface area contributed by atoms with Crippen molar-refractivity contribution in [3.05, 3.63) is 29.8 Å². The molecule has 1 saturated heterocycles. The summed E-state index contributed by atoms with van der Waals surface area (Å²) in [5, 5.41) is 41.7. The first-order chi connectivity index (χ1) is 16.0. The number of phenolic OH excluding ortho intramolecular Hbond substituents is 1. The van der Waals surface area contributed by atoms with E-state index in [9.17, 15) is 39.3 Å². The van der Waals surface area contributed by atoms with Crippen LogP contribution in [0.15, 0.2) is 24.3 Å². The van der Waals surface area contributed by atoms with Gasteiger partial charge in [0.2, 0.25) is 17.7 Å². The largest absolute Gasteiger partial charge is 0.508 e. The van der Waals surface area contributed by atoms with Gasteiger partial charge in [0.25, 0.3) is 0 Å². The smallest absolute Gasteiger partial charge is 0.326 e. The molecule has 0 bridgehead atoms. The summed E-state index contributed by atoms with van der Waals surface area (Å²) in [6, 6.07) is 0.582. The van der Waals surface area contributed by atoms with Gasteiger partial charge in [-0.3, -0.25) is 19.2 Å². The number of carboxylic acids is 2. The number of carboxylic acid groups (broad SMARTS) is 2. The maximum Gasteiger partial charge on any atom is 0.326 e. The van der Waals surface area contributed by atoms with Crippen molar-refractivity contribution in [2.45, 2.75) is 49.9 Å². The normalized spacial score (nSPS) is 17.9. The molecule has 1 aromatic carbocycles. The molecule has 34 heavy (non-hydrogen) atoms. The zero-order chi connectivity index (χ0) is 25.4. The number of rotatable bonds is 11. The second kappa shape index (κ2) is 12.0. The number of likely N-dealkylation sites (tertiary alicyclic amines) is 1. The minimum atomic E-state index is -1.60. The van der Waals surface area contributed by atoms with Gasteiger partial charge in [-0.1, -0.05) is 12.1 Å². The van der Waals surface area contributed by atoms with Crippen LogP contribution >= 0.6 is 0 Å². The third kappa shape index (κ3) is 7.15. The van der Waals surface area contributed by atoms with E-state index in [1.807, 2.05) is 0 Å². The van der Waals surface area contributed by atoms with Gasteiger partial charge < -0.3 is 41.7 Å². The number of nitrogens with two attached hydrogens (primary N) is 1. The van der Waals surface area contributed by atoms with Crippen LogP contribution in [-0.4, -0.2) is 92.3 Å². The van der Waals surface area contributed by atoms with E-state index in [1.54, 1.807) is 12.1 Å². The molecule has 1 aliphatic heterocycles. The molecular formula is C21H28N4O9. The molecular weight excluding hydrogens is 452 g/mol. The van der Waals surface area contributed by atoms with Gasteiger partial charge in [-0.2, -0.15) is 0 Å². The van der Waals surface area contributed by atoms with Gasteiger partial charge in [0.15, 0.2) is 0 Å². The van der Waals surface area contributed by atoms with Crippen molar-refractivity contribution in [3.63, 3.8) is 0 Å². The maximum absolute atomic E-state index is 12.8. The second-order valence-electron chi connectivity index (χ2n) is 7.91. The zero-order valence-corrected chi connectivity index (χ0v) is 18.2. The summed E-state index contributed by atoms with van der Waals surface area (Å²) in [7, 11) is 0. The Morgan fingerprint density at radius 1 is 1.03 bits per heavy atom. The number of aliphatic carboxylic acids is 2. The van der Waals surface area contributed by atoms with Crippen LogP contribution in [0.25, 0.3) is 0 Å². The van der Waals surface area contributed by atoms with Crippen LogP contribution in [0.3, 0.4) is 0 Å². The standard InChI is InChI=1S/C21H28N4O9/c22-13(8-11-3-5-12(27)6-4-11)18(30)24-15(10-26)19(31)23-14(9-17(28)29)20(32)25-7-1-2-16(25)21(33)34/h3-6,13-16,26-27H,1-2,7-10,22H2,(H,23,31)(H,24,30)(H,28,29)(H,33,34). The Labute approximate surface area is 194 Å². The molecule has 1 heterocycles. The fourth-order valence-electron chi connectivity index (χ4n) is 3.59. The number of phenols is 1. The highest BCUT2D eigenvalue weighted by Crippen LogP contribution is 2.19. The molecule has 13 heteroatoms. The Hall–Kier alpha value is -3.71. The summed E-state index contributed by atoms with van der Waals surface area (Å²) in [6.45, 7) is -0.771. The average Bonchev–Trinajstić information content (AvgIpc) is 3.27. The van der Waals surface area contributed by atoms with E-state index < -0.39 is 66.9 Å². The number of hydrogen-bond acceptors (Lipinski definition) is 8. The van der Waals surface area contributed by atoms with Crippen molar-refractivity contribution in [1.82, 2.24) is 15.5 Å². The molecule has 0 aliphatic carbocycles. The van der Waals surface area contributed by atoms with Crippen molar-refractivity contribution >= 4 is 29.7 Å². The highest BCUT2D eigenvalue weighted by Gasteiger charge is 2.39. The Morgan fingerprint density at radius 2 is 1.65 bits per heavy atom. The summed E-state index contributed by atoms with van der Waals surface area (Å²) in [4.78, 5) is 61.4. The maximum atomic E-state index is 12.8. The summed E-state index contributed by atoms with van der Waals surface area (Å²) < 4.78 is 0. The number of hydrogen-bond donors (Lipinski definition) is 7. The van der Waals surface area contributed by atoms with Gasteiger partial charge in [-0.15, -0.1) is 0 Å². The zero-order valence-electron chi connectivity index (χ0n) is 18.2. The molecule has 13 nitrogen and oxygen atoms in total. The minimum absolute atomic E-state index is 0.0351. The quantitative estimate of drug-likeness (QED) is 0.181. The number of nitrogens with one attached hydrogen (secondary N) is 2. The molecule has 0 saturated carbocycles. The molecule has 4 atom stereocenters. The fourth-order valence-corrected chi connectivity index (χ4v) is 3.59. The predicted molar refractivity (Wildman–Crippen MR) is 115 cm³/mol. The van der Waals surface area contributed by atoms with E-state index in [0.717, 1.165) is 4.90 Å². The molecule has 1 fully saturated rings. The Balaban J connectivity index is 2.04. The SMILES string of the molecule is NC(Cc1ccc(O)cc1)C(=O)NC(CO)C(=O)NC(CC(=O)O)C(=O)N1CCCC1C(=O)O. The number of aliphatic hydroxyl groups is 1. The molecule has 8 N–H and O–H groups in total. The topological polar surface area (TPSA) is 220 Å². The second-order valence-corrected chi connectivity index (χ2v) is 7.91. The number of benzene rings is 1. The van der Waals surface area contributed by atoms with E-state index >= 15 is 0 Å². The van der Waals surface area contributed by atoms with Crippen molar-refractivity contribution in [2.75, 3.05) is 13.2 Å². The molecule has 3 amide bonds. The number of nitrogens with zero attached hydrogens (tertiary/aromatic N) is 1. The van der Waals surface area contributed by atoms with Crippen LogP contribution in [0.5, 0.6) is 5.75 Å². The lowest BCUT2D eigenvalue weighted by molar-refractivity contribution is -0.150. The summed E-state index contributed by atoms with van der Waals surface area (Å²) >= 11 is 0. The monoisotopic (exact) mass is 480 g/mol. The van der Waals surface area contributed by atoms with Crippen LogP contribution in [-0.2, 0) is 30.4 Å².